The molecule has 13 nitrogen and oxygen atoms in total. The summed E-state index contributed by atoms with van der Waals surface area (Å²) in [4.78, 5) is 57.9. The van der Waals surface area contributed by atoms with E-state index in [-0.39, 0.29) is 12.2 Å². The number of aliphatic hydroxyl groups excluding tert-OH is 2. The third kappa shape index (κ3) is 9.56. The molecule has 5 unspecified atom stereocenters. The Hall–Kier alpha value is -2.42. The second-order valence-corrected chi connectivity index (χ2v) is 6.45. The molecule has 0 saturated carbocycles. The fourth-order valence-electron chi connectivity index (χ4n) is 1.95. The molecule has 0 rings (SSSR count). The lowest BCUT2D eigenvalue weighted by molar-refractivity contribution is -0.143. The van der Waals surface area contributed by atoms with Crippen LogP contribution in [0.25, 0.3) is 0 Å². The highest BCUT2D eigenvalue weighted by molar-refractivity contribution is 7.80. The van der Waals surface area contributed by atoms with Crippen LogP contribution in [0.2, 0.25) is 0 Å². The lowest BCUT2D eigenvalue weighted by atomic mass is 10.1. The molecule has 0 aliphatic carbocycles. The zero-order chi connectivity index (χ0) is 22.7. The number of rotatable bonds is 13. The maximum absolute atomic E-state index is 12.2. The molecule has 5 atom stereocenters. The first-order valence-corrected chi connectivity index (χ1v) is 9.08. The molecule has 0 aromatic rings. The van der Waals surface area contributed by atoms with Crippen LogP contribution < -0.4 is 21.7 Å². The number of carboxylic acid groups (broad SMARTS) is 2. The number of carbonyl (C=O) groups excluding carboxylic acids is 3. The lowest BCUT2D eigenvalue weighted by Crippen LogP contribution is -2.59. The highest BCUT2D eigenvalue weighted by Gasteiger charge is 2.30. The van der Waals surface area contributed by atoms with Crippen molar-refractivity contribution in [2.75, 3.05) is 12.4 Å². The Morgan fingerprint density at radius 3 is 1.83 bits per heavy atom. The summed E-state index contributed by atoms with van der Waals surface area (Å²) in [7, 11) is 0. The molecule has 9 N–H and O–H groups in total. The Labute approximate surface area is 171 Å². The molecule has 29 heavy (non-hydrogen) atoms. The van der Waals surface area contributed by atoms with Gasteiger partial charge in [-0.3, -0.25) is 19.2 Å². The minimum atomic E-state index is -1.50. The number of aliphatic hydroxyl groups is 2. The first-order chi connectivity index (χ1) is 13.4. The summed E-state index contributed by atoms with van der Waals surface area (Å²) in [5.74, 6) is -5.82. The third-order valence-corrected chi connectivity index (χ3v) is 4.08. The summed E-state index contributed by atoms with van der Waals surface area (Å²) in [6, 6.07) is -5.69. The van der Waals surface area contributed by atoms with Gasteiger partial charge in [-0.05, 0) is 13.3 Å². The number of nitrogens with two attached hydrogens (primary N) is 1. The highest BCUT2D eigenvalue weighted by atomic mass is 32.1. The van der Waals surface area contributed by atoms with Crippen LogP contribution in [-0.2, 0) is 24.0 Å². The summed E-state index contributed by atoms with van der Waals surface area (Å²) in [5, 5.41) is 42.7. The zero-order valence-corrected chi connectivity index (χ0v) is 16.5. The third-order valence-electron chi connectivity index (χ3n) is 3.72. The van der Waals surface area contributed by atoms with Crippen LogP contribution >= 0.6 is 12.6 Å². The predicted molar refractivity (Wildman–Crippen MR) is 101 cm³/mol. The van der Waals surface area contributed by atoms with Gasteiger partial charge in [0.05, 0.1) is 12.7 Å². The number of amides is 3. The lowest BCUT2D eigenvalue weighted by Gasteiger charge is -2.23. The van der Waals surface area contributed by atoms with Gasteiger partial charge in [-0.15, -0.1) is 0 Å². The van der Waals surface area contributed by atoms with Crippen molar-refractivity contribution < 1.29 is 44.4 Å². The van der Waals surface area contributed by atoms with Crippen molar-refractivity contribution >= 4 is 42.3 Å². The fourth-order valence-corrected chi connectivity index (χ4v) is 2.20. The monoisotopic (exact) mass is 438 g/mol. The van der Waals surface area contributed by atoms with Crippen molar-refractivity contribution in [3.05, 3.63) is 0 Å². The molecular weight excluding hydrogens is 412 g/mol. The summed E-state index contributed by atoms with van der Waals surface area (Å²) in [5.41, 5.74) is 5.42. The van der Waals surface area contributed by atoms with E-state index in [1.54, 1.807) is 0 Å². The molecule has 0 aromatic carbocycles. The van der Waals surface area contributed by atoms with Crippen molar-refractivity contribution in [3.63, 3.8) is 0 Å². The van der Waals surface area contributed by atoms with E-state index >= 15 is 0 Å². The Bertz CT molecular complexity index is 617. The van der Waals surface area contributed by atoms with E-state index in [4.69, 9.17) is 15.9 Å². The largest absolute Gasteiger partial charge is 0.481 e. The summed E-state index contributed by atoms with van der Waals surface area (Å²) in [6.07, 6.45) is -2.10. The number of thiol groups is 1. The van der Waals surface area contributed by atoms with Gasteiger partial charge >= 0.3 is 11.9 Å². The Morgan fingerprint density at radius 1 is 0.931 bits per heavy atom. The van der Waals surface area contributed by atoms with Crippen molar-refractivity contribution in [2.24, 2.45) is 5.73 Å². The number of hydrogen-bond acceptors (Lipinski definition) is 9. The van der Waals surface area contributed by atoms with Gasteiger partial charge in [-0.1, -0.05) is 0 Å². The van der Waals surface area contributed by atoms with Crippen LogP contribution in [0, 0.1) is 0 Å². The topological polar surface area (TPSA) is 228 Å². The molecule has 0 bridgehead atoms. The Kier molecular flexibility index (Phi) is 11.8. The van der Waals surface area contributed by atoms with E-state index < -0.39 is 73.0 Å². The number of carboxylic acids is 2. The van der Waals surface area contributed by atoms with Crippen LogP contribution in [0.15, 0.2) is 0 Å². The van der Waals surface area contributed by atoms with E-state index in [2.05, 4.69) is 28.6 Å². The van der Waals surface area contributed by atoms with Crippen molar-refractivity contribution in [1.82, 2.24) is 16.0 Å². The van der Waals surface area contributed by atoms with Gasteiger partial charge in [0.2, 0.25) is 17.7 Å². The van der Waals surface area contributed by atoms with E-state index in [1.165, 1.54) is 6.92 Å². The summed E-state index contributed by atoms with van der Waals surface area (Å²) < 4.78 is 0. The van der Waals surface area contributed by atoms with Crippen LogP contribution in [0.5, 0.6) is 0 Å². The maximum atomic E-state index is 12.2. The summed E-state index contributed by atoms with van der Waals surface area (Å²) in [6.45, 7) is 0.407. The smallest absolute Gasteiger partial charge is 0.326 e. The second-order valence-electron chi connectivity index (χ2n) is 6.09. The number of hydrogen-bond donors (Lipinski definition) is 9. The van der Waals surface area contributed by atoms with E-state index in [0.29, 0.717) is 0 Å². The number of nitrogens with one attached hydrogen (secondary N) is 3. The minimum Gasteiger partial charge on any atom is -0.481 e. The van der Waals surface area contributed by atoms with Gasteiger partial charge in [-0.25, -0.2) is 4.79 Å². The molecule has 3 amide bonds. The van der Waals surface area contributed by atoms with Crippen molar-refractivity contribution in [2.45, 2.75) is 50.0 Å². The molecular formula is C15H26N4O9S. The minimum absolute atomic E-state index is 0.262. The Balaban J connectivity index is 5.01. The summed E-state index contributed by atoms with van der Waals surface area (Å²) >= 11 is 3.90. The molecule has 0 aliphatic rings. The number of aliphatic carboxylic acids is 2. The maximum Gasteiger partial charge on any atom is 0.326 e. The SMILES string of the molecule is CC(O)C(N)C(=O)NC(CO)C(=O)NC(CS)C(=O)NC(CCC(=O)O)C(=O)O. The van der Waals surface area contributed by atoms with Gasteiger partial charge in [0, 0.05) is 12.2 Å². The molecule has 0 aromatic heterocycles. The molecule has 14 heteroatoms. The van der Waals surface area contributed by atoms with E-state index in [0.717, 1.165) is 0 Å². The van der Waals surface area contributed by atoms with Gasteiger partial charge in [-0.2, -0.15) is 12.6 Å². The molecule has 0 aliphatic heterocycles. The second kappa shape index (κ2) is 12.9. The van der Waals surface area contributed by atoms with Crippen LogP contribution in [0.3, 0.4) is 0 Å². The molecule has 0 saturated heterocycles. The zero-order valence-electron chi connectivity index (χ0n) is 15.6. The average Bonchev–Trinajstić information content (AvgIpc) is 2.65. The molecule has 166 valence electrons. The molecule has 0 spiro atoms. The quantitative estimate of drug-likeness (QED) is 0.127. The van der Waals surface area contributed by atoms with Gasteiger partial charge in [0.25, 0.3) is 0 Å². The molecule has 0 radical (unpaired) electrons. The Morgan fingerprint density at radius 2 is 1.41 bits per heavy atom. The van der Waals surface area contributed by atoms with Crippen LogP contribution in [0.1, 0.15) is 19.8 Å². The average molecular weight is 438 g/mol. The first kappa shape index (κ1) is 26.6. The fraction of sp³-hybridized carbons (Fsp3) is 0.667. The first-order valence-electron chi connectivity index (χ1n) is 8.45. The standard InChI is InChI=1S/C15H26N4O9S/c1-6(21)11(16)14(26)18-8(4-20)12(24)19-9(5-29)13(25)17-7(15(27)28)2-3-10(22)23/h6-9,11,20-21,29H,2-5,16H2,1H3,(H,17,25)(H,18,26)(H,19,24)(H,22,23)(H,27,28). The molecule has 0 fully saturated rings. The number of carbonyl (C=O) groups is 5. The van der Waals surface area contributed by atoms with Crippen LogP contribution in [-0.4, -0.2) is 92.7 Å². The van der Waals surface area contributed by atoms with Gasteiger partial charge in [0.1, 0.15) is 24.2 Å². The highest BCUT2D eigenvalue weighted by Crippen LogP contribution is 2.01. The normalized spacial score (nSPS) is 15.9. The predicted octanol–water partition coefficient (Wildman–Crippen LogP) is -3.98. The van der Waals surface area contributed by atoms with Gasteiger partial charge in [0.15, 0.2) is 0 Å². The van der Waals surface area contributed by atoms with E-state index in [9.17, 15) is 34.2 Å². The van der Waals surface area contributed by atoms with Crippen molar-refractivity contribution in [1.29, 1.82) is 0 Å². The van der Waals surface area contributed by atoms with E-state index in [1.807, 2.05) is 0 Å². The van der Waals surface area contributed by atoms with Crippen molar-refractivity contribution in [3.8, 4) is 0 Å². The van der Waals surface area contributed by atoms with Gasteiger partial charge < -0.3 is 42.1 Å². The van der Waals surface area contributed by atoms with Crippen LogP contribution in [0.4, 0.5) is 0 Å². The molecule has 0 heterocycles.